The molecule has 5 nitrogen and oxygen atoms in total. The molecule has 1 saturated heterocycles. The van der Waals surface area contributed by atoms with Gasteiger partial charge in [-0.25, -0.2) is 0 Å². The van der Waals surface area contributed by atoms with Crippen molar-refractivity contribution in [2.24, 2.45) is 5.73 Å². The lowest BCUT2D eigenvalue weighted by Crippen LogP contribution is -2.48. The number of carbonyl (C=O) groups is 2. The van der Waals surface area contributed by atoms with Crippen LogP contribution in [0.1, 0.15) is 67.8 Å². The minimum atomic E-state index is -0.746. The Bertz CT molecular complexity index is 671. The summed E-state index contributed by atoms with van der Waals surface area (Å²) in [5.74, 6) is -0.0314. The lowest BCUT2D eigenvalue weighted by molar-refractivity contribution is -0.121. The van der Waals surface area contributed by atoms with E-state index in [2.05, 4.69) is 12.2 Å². The van der Waals surface area contributed by atoms with Crippen LogP contribution < -0.4 is 11.1 Å². The van der Waals surface area contributed by atoms with E-state index in [1.165, 1.54) is 6.42 Å². The van der Waals surface area contributed by atoms with Crippen LogP contribution in [0.4, 0.5) is 5.69 Å². The molecule has 6 heteroatoms. The van der Waals surface area contributed by atoms with Gasteiger partial charge >= 0.3 is 0 Å². The van der Waals surface area contributed by atoms with E-state index in [0.717, 1.165) is 56.3 Å². The smallest absolute Gasteiger partial charge is 0.254 e. The number of nitrogens with zero attached hydrogens (tertiary/aromatic N) is 1. The van der Waals surface area contributed by atoms with Gasteiger partial charge in [-0.3, -0.25) is 9.59 Å². The monoisotopic (exact) mass is 379 g/mol. The zero-order valence-electron chi connectivity index (χ0n) is 15.7. The molecule has 2 aliphatic rings. The van der Waals surface area contributed by atoms with E-state index in [0.29, 0.717) is 11.6 Å². The van der Waals surface area contributed by atoms with Gasteiger partial charge in [-0.15, -0.1) is 12.4 Å². The molecular weight excluding hydrogens is 350 g/mol. The number of carbonyl (C=O) groups excluding carboxylic acids is 2. The fourth-order valence-corrected chi connectivity index (χ4v) is 3.98. The van der Waals surface area contributed by atoms with E-state index in [1.54, 1.807) is 0 Å². The molecule has 1 aromatic rings. The minimum absolute atomic E-state index is 0. The molecule has 2 fully saturated rings. The van der Waals surface area contributed by atoms with Crippen molar-refractivity contribution in [2.45, 2.75) is 70.4 Å². The van der Waals surface area contributed by atoms with Crippen molar-refractivity contribution in [1.29, 1.82) is 0 Å². The zero-order valence-corrected chi connectivity index (χ0v) is 16.5. The Morgan fingerprint density at radius 1 is 1.19 bits per heavy atom. The van der Waals surface area contributed by atoms with Gasteiger partial charge in [0.05, 0.1) is 5.54 Å². The van der Waals surface area contributed by atoms with Crippen LogP contribution in [0.15, 0.2) is 18.2 Å². The number of rotatable bonds is 3. The van der Waals surface area contributed by atoms with E-state index >= 15 is 0 Å². The Balaban J connectivity index is 0.00000243. The predicted octanol–water partition coefficient (Wildman–Crippen LogP) is 3.64. The Morgan fingerprint density at radius 2 is 1.88 bits per heavy atom. The third-order valence-corrected chi connectivity index (χ3v) is 5.73. The average Bonchev–Trinajstić information content (AvgIpc) is 3.04. The van der Waals surface area contributed by atoms with Crippen LogP contribution in [0.5, 0.6) is 0 Å². The van der Waals surface area contributed by atoms with Gasteiger partial charge in [0, 0.05) is 23.8 Å². The van der Waals surface area contributed by atoms with Crippen molar-refractivity contribution in [3.05, 3.63) is 29.3 Å². The molecule has 0 bridgehead atoms. The van der Waals surface area contributed by atoms with Crippen molar-refractivity contribution in [3.63, 3.8) is 0 Å². The third-order valence-electron chi connectivity index (χ3n) is 5.73. The van der Waals surface area contributed by atoms with Crippen molar-refractivity contribution < 1.29 is 9.59 Å². The van der Waals surface area contributed by atoms with Gasteiger partial charge in [-0.05, 0) is 69.7 Å². The van der Waals surface area contributed by atoms with E-state index in [9.17, 15) is 9.59 Å². The molecule has 1 atom stereocenters. The van der Waals surface area contributed by atoms with Crippen LogP contribution in [0.3, 0.4) is 0 Å². The van der Waals surface area contributed by atoms with Gasteiger partial charge in [0.25, 0.3) is 5.91 Å². The van der Waals surface area contributed by atoms with Gasteiger partial charge in [-0.1, -0.05) is 12.8 Å². The number of likely N-dealkylation sites (tertiary alicyclic amines) is 1. The number of hydrogen-bond donors (Lipinski definition) is 2. The number of piperidine rings is 1. The largest absolute Gasteiger partial charge is 0.336 e. The number of hydrogen-bond acceptors (Lipinski definition) is 3. The maximum Gasteiger partial charge on any atom is 0.254 e. The second-order valence-corrected chi connectivity index (χ2v) is 7.69. The second kappa shape index (κ2) is 8.40. The summed E-state index contributed by atoms with van der Waals surface area (Å²) < 4.78 is 0. The number of nitrogens with two attached hydrogens (primary N) is 1. The zero-order chi connectivity index (χ0) is 18.0. The summed E-state index contributed by atoms with van der Waals surface area (Å²) in [5, 5.41) is 2.96. The van der Waals surface area contributed by atoms with Gasteiger partial charge in [-0.2, -0.15) is 0 Å². The molecule has 0 spiro atoms. The second-order valence-electron chi connectivity index (χ2n) is 7.69. The number of anilines is 1. The summed E-state index contributed by atoms with van der Waals surface area (Å²) in [6.45, 7) is 4.86. The van der Waals surface area contributed by atoms with Gasteiger partial charge < -0.3 is 16.0 Å². The molecule has 26 heavy (non-hydrogen) atoms. The third kappa shape index (κ3) is 4.21. The fraction of sp³-hybridized carbons (Fsp3) is 0.600. The van der Waals surface area contributed by atoms with E-state index in [1.807, 2.05) is 30.0 Å². The first kappa shape index (κ1) is 20.7. The summed E-state index contributed by atoms with van der Waals surface area (Å²) in [6.07, 6.45) is 6.81. The summed E-state index contributed by atoms with van der Waals surface area (Å²) in [6, 6.07) is 5.80. The Kier molecular flexibility index (Phi) is 6.69. The molecule has 1 aliphatic heterocycles. The highest BCUT2D eigenvalue weighted by Gasteiger charge is 2.37. The van der Waals surface area contributed by atoms with Gasteiger partial charge in [0.2, 0.25) is 5.91 Å². The van der Waals surface area contributed by atoms with Crippen LogP contribution >= 0.6 is 12.4 Å². The van der Waals surface area contributed by atoms with Crippen LogP contribution in [-0.2, 0) is 4.79 Å². The Morgan fingerprint density at radius 3 is 2.50 bits per heavy atom. The van der Waals surface area contributed by atoms with Crippen LogP contribution in [-0.4, -0.2) is 34.8 Å². The number of amides is 2. The lowest BCUT2D eigenvalue weighted by Gasteiger charge is -2.33. The van der Waals surface area contributed by atoms with Crippen molar-refractivity contribution >= 4 is 29.9 Å². The molecule has 0 radical (unpaired) electrons. The average molecular weight is 380 g/mol. The molecule has 2 amide bonds. The molecule has 3 rings (SSSR count). The van der Waals surface area contributed by atoms with E-state index in [4.69, 9.17) is 5.73 Å². The van der Waals surface area contributed by atoms with Crippen LogP contribution in [0.2, 0.25) is 0 Å². The molecular formula is C20H30ClN3O2. The molecule has 1 unspecified atom stereocenters. The minimum Gasteiger partial charge on any atom is -0.336 e. The molecule has 0 aromatic heterocycles. The number of halogens is 1. The summed E-state index contributed by atoms with van der Waals surface area (Å²) in [4.78, 5) is 27.2. The maximum atomic E-state index is 12.8. The summed E-state index contributed by atoms with van der Waals surface area (Å²) in [5.41, 5.74) is 7.79. The van der Waals surface area contributed by atoms with Crippen molar-refractivity contribution in [2.75, 3.05) is 11.9 Å². The summed E-state index contributed by atoms with van der Waals surface area (Å²) in [7, 11) is 0. The van der Waals surface area contributed by atoms with Crippen molar-refractivity contribution in [1.82, 2.24) is 4.90 Å². The number of benzene rings is 1. The Labute approximate surface area is 162 Å². The Hall–Kier alpha value is -1.59. The number of aryl methyl sites for hydroxylation is 1. The molecule has 1 saturated carbocycles. The molecule has 144 valence electrons. The van der Waals surface area contributed by atoms with E-state index in [-0.39, 0.29) is 24.2 Å². The molecule has 3 N–H and O–H groups in total. The number of nitrogens with one attached hydrogen (secondary N) is 1. The first-order valence-corrected chi connectivity index (χ1v) is 9.43. The molecule has 1 aliphatic carbocycles. The van der Waals surface area contributed by atoms with Crippen LogP contribution in [0.25, 0.3) is 0 Å². The topological polar surface area (TPSA) is 75.4 Å². The van der Waals surface area contributed by atoms with E-state index < -0.39 is 5.54 Å². The maximum absolute atomic E-state index is 12.8. The van der Waals surface area contributed by atoms with Gasteiger partial charge in [0.1, 0.15) is 0 Å². The SMILES string of the molecule is Cc1cc(C(=O)N2CCCCC2C)ccc1NC(=O)C1(N)CCCC1.Cl. The highest BCUT2D eigenvalue weighted by Crippen LogP contribution is 2.29. The lowest BCUT2D eigenvalue weighted by atomic mass is 9.97. The quantitative estimate of drug-likeness (QED) is 0.841. The van der Waals surface area contributed by atoms with Gasteiger partial charge in [0.15, 0.2) is 0 Å². The standard InChI is InChI=1S/C20H29N3O2.ClH/c1-14-13-16(18(24)23-12-6-3-7-15(23)2)8-9-17(14)22-19(25)20(21)10-4-5-11-20;/h8-9,13,15H,3-7,10-12,21H2,1-2H3,(H,22,25);1H. The fourth-order valence-electron chi connectivity index (χ4n) is 3.98. The molecule has 1 aromatic carbocycles. The summed E-state index contributed by atoms with van der Waals surface area (Å²) >= 11 is 0. The highest BCUT2D eigenvalue weighted by molar-refractivity contribution is 6.00. The first-order chi connectivity index (χ1) is 11.9. The van der Waals surface area contributed by atoms with Crippen LogP contribution in [0, 0.1) is 6.92 Å². The highest BCUT2D eigenvalue weighted by atomic mass is 35.5. The molecule has 1 heterocycles. The normalized spacial score (nSPS) is 21.8. The van der Waals surface area contributed by atoms with Crippen molar-refractivity contribution in [3.8, 4) is 0 Å². The first-order valence-electron chi connectivity index (χ1n) is 9.43. The predicted molar refractivity (Wildman–Crippen MR) is 107 cm³/mol.